The Morgan fingerprint density at radius 3 is 2.73 bits per heavy atom. The van der Waals surface area contributed by atoms with Gasteiger partial charge >= 0.3 is 6.09 Å². The third kappa shape index (κ3) is 5.38. The van der Waals surface area contributed by atoms with Crippen LogP contribution in [0.5, 0.6) is 0 Å². The molecule has 0 bridgehead atoms. The third-order valence-electron chi connectivity index (χ3n) is 5.46. The molecule has 3 aromatic rings. The van der Waals surface area contributed by atoms with Gasteiger partial charge in [-0.3, -0.25) is 9.69 Å². The number of carbonyl (C=O) groups is 2. The van der Waals surface area contributed by atoms with Gasteiger partial charge in [0.1, 0.15) is 11.9 Å². The highest BCUT2D eigenvalue weighted by atomic mass is 19.1. The van der Waals surface area contributed by atoms with Gasteiger partial charge in [-0.2, -0.15) is 0 Å². The van der Waals surface area contributed by atoms with Crippen molar-refractivity contribution in [3.63, 3.8) is 0 Å². The Bertz CT molecular complexity index is 1150. The lowest BCUT2D eigenvalue weighted by Gasteiger charge is -2.15. The normalized spacial score (nSPS) is 15.5. The summed E-state index contributed by atoms with van der Waals surface area (Å²) in [6.45, 7) is 2.63. The molecule has 4 rings (SSSR count). The summed E-state index contributed by atoms with van der Waals surface area (Å²) in [6.07, 6.45) is 3.05. The van der Waals surface area contributed by atoms with Gasteiger partial charge in [0.15, 0.2) is 0 Å². The summed E-state index contributed by atoms with van der Waals surface area (Å²) in [4.78, 5) is 28.7. The van der Waals surface area contributed by atoms with Gasteiger partial charge < -0.3 is 19.7 Å². The lowest BCUT2D eigenvalue weighted by molar-refractivity contribution is -0.119. The van der Waals surface area contributed by atoms with Crippen molar-refractivity contribution in [3.8, 4) is 11.1 Å². The molecular weight excluding hydrogens is 427 g/mol. The number of benzene rings is 2. The van der Waals surface area contributed by atoms with Crippen molar-refractivity contribution in [2.24, 2.45) is 0 Å². The van der Waals surface area contributed by atoms with Crippen molar-refractivity contribution in [2.75, 3.05) is 18.0 Å². The number of anilines is 1. The second-order valence-electron chi connectivity index (χ2n) is 7.94. The molecule has 0 aliphatic carbocycles. The average molecular weight is 452 g/mol. The maximum atomic E-state index is 14.9. The van der Waals surface area contributed by atoms with Crippen LogP contribution in [0, 0.1) is 5.82 Å². The lowest BCUT2D eigenvalue weighted by Crippen LogP contribution is -2.27. The molecule has 2 aromatic carbocycles. The predicted molar refractivity (Wildman–Crippen MR) is 120 cm³/mol. The largest absolute Gasteiger partial charge is 0.444 e. The SMILES string of the molecule is CC(=O)NCC[C@H]1CN(c2ccc(-c3ccc(Cn4cnc(CO)c4)cc3)c(F)c2)C(=O)O1. The molecule has 2 N–H and O–H groups in total. The second kappa shape index (κ2) is 9.83. The molecule has 8 nitrogen and oxygen atoms in total. The van der Waals surface area contributed by atoms with Crippen LogP contribution in [0.15, 0.2) is 55.0 Å². The van der Waals surface area contributed by atoms with Crippen LogP contribution in [0.3, 0.4) is 0 Å². The number of hydrogen-bond acceptors (Lipinski definition) is 5. The van der Waals surface area contributed by atoms with Crippen LogP contribution >= 0.6 is 0 Å². The monoisotopic (exact) mass is 452 g/mol. The van der Waals surface area contributed by atoms with Gasteiger partial charge in [-0.05, 0) is 29.3 Å². The maximum Gasteiger partial charge on any atom is 0.414 e. The molecule has 1 saturated heterocycles. The minimum atomic E-state index is -0.525. The maximum absolute atomic E-state index is 14.9. The lowest BCUT2D eigenvalue weighted by atomic mass is 10.0. The summed E-state index contributed by atoms with van der Waals surface area (Å²) in [6, 6.07) is 12.2. The van der Waals surface area contributed by atoms with E-state index in [1.165, 1.54) is 17.9 Å². The van der Waals surface area contributed by atoms with E-state index in [4.69, 9.17) is 9.84 Å². The molecule has 172 valence electrons. The molecule has 1 aromatic heterocycles. The number of aliphatic hydroxyl groups is 1. The average Bonchev–Trinajstić information content (AvgIpc) is 3.40. The number of amides is 2. The van der Waals surface area contributed by atoms with Crippen molar-refractivity contribution >= 4 is 17.7 Å². The van der Waals surface area contributed by atoms with Crippen LogP contribution in [0.25, 0.3) is 11.1 Å². The van der Waals surface area contributed by atoms with Crippen molar-refractivity contribution in [3.05, 3.63) is 72.1 Å². The second-order valence-corrected chi connectivity index (χ2v) is 7.94. The highest BCUT2D eigenvalue weighted by molar-refractivity contribution is 5.90. The van der Waals surface area contributed by atoms with Crippen LogP contribution in [0.1, 0.15) is 24.6 Å². The molecule has 9 heteroatoms. The molecule has 1 aliphatic heterocycles. The summed E-state index contributed by atoms with van der Waals surface area (Å²) < 4.78 is 22.1. The van der Waals surface area contributed by atoms with Gasteiger partial charge in [-0.15, -0.1) is 0 Å². The zero-order valence-corrected chi connectivity index (χ0v) is 18.2. The van der Waals surface area contributed by atoms with E-state index >= 15 is 0 Å². The fourth-order valence-corrected chi connectivity index (χ4v) is 3.77. The van der Waals surface area contributed by atoms with E-state index in [9.17, 15) is 14.0 Å². The van der Waals surface area contributed by atoms with Gasteiger partial charge in [0, 0.05) is 38.2 Å². The van der Waals surface area contributed by atoms with Gasteiger partial charge in [0.05, 0.1) is 30.9 Å². The van der Waals surface area contributed by atoms with E-state index in [2.05, 4.69) is 10.3 Å². The van der Waals surface area contributed by atoms with Gasteiger partial charge in [0.2, 0.25) is 5.91 Å². The number of carbonyl (C=O) groups excluding carboxylic acids is 2. The number of rotatable bonds is 8. The number of halogens is 1. The summed E-state index contributed by atoms with van der Waals surface area (Å²) in [5.41, 5.74) is 3.21. The van der Waals surface area contributed by atoms with Gasteiger partial charge in [-0.1, -0.05) is 24.3 Å². The molecule has 0 saturated carbocycles. The van der Waals surface area contributed by atoms with Crippen molar-refractivity contribution < 1.29 is 23.8 Å². The summed E-state index contributed by atoms with van der Waals surface area (Å²) in [7, 11) is 0. The molecule has 2 heterocycles. The van der Waals surface area contributed by atoms with Gasteiger partial charge in [-0.25, -0.2) is 14.2 Å². The zero-order chi connectivity index (χ0) is 23.4. The Morgan fingerprint density at radius 2 is 2.06 bits per heavy atom. The molecule has 0 radical (unpaired) electrons. The number of nitrogens with one attached hydrogen (secondary N) is 1. The van der Waals surface area contributed by atoms with Crippen LogP contribution < -0.4 is 10.2 Å². The minimum absolute atomic E-state index is 0.103. The standard InChI is InChI=1S/C24H25FN4O4/c1-16(31)26-9-8-21-13-29(24(32)33-21)20-6-7-22(23(25)10-20)18-4-2-17(3-5-18)11-28-12-19(14-30)27-15-28/h2-7,10,12,15,21,30H,8-9,11,13-14H2,1H3,(H,26,31)/t21-/m0/s1. The minimum Gasteiger partial charge on any atom is -0.444 e. The molecule has 1 fully saturated rings. The molecule has 0 spiro atoms. The first-order chi connectivity index (χ1) is 15.9. The number of ether oxygens (including phenoxy) is 1. The van der Waals surface area contributed by atoms with E-state index in [1.807, 2.05) is 28.8 Å². The highest BCUT2D eigenvalue weighted by Crippen LogP contribution is 2.29. The first-order valence-corrected chi connectivity index (χ1v) is 10.7. The molecule has 2 amide bonds. The van der Waals surface area contributed by atoms with Crippen molar-refractivity contribution in [2.45, 2.75) is 32.6 Å². The van der Waals surface area contributed by atoms with Crippen LogP contribution in [-0.4, -0.2) is 45.9 Å². The van der Waals surface area contributed by atoms with E-state index in [0.717, 1.165) is 11.1 Å². The topological polar surface area (TPSA) is 96.7 Å². The van der Waals surface area contributed by atoms with Crippen molar-refractivity contribution in [1.82, 2.24) is 14.9 Å². The Kier molecular flexibility index (Phi) is 6.69. The number of aromatic nitrogens is 2. The molecule has 1 aliphatic rings. The Labute approximate surface area is 190 Å². The fourth-order valence-electron chi connectivity index (χ4n) is 3.77. The highest BCUT2D eigenvalue weighted by Gasteiger charge is 2.32. The van der Waals surface area contributed by atoms with E-state index in [1.54, 1.807) is 24.7 Å². The van der Waals surface area contributed by atoms with E-state index in [-0.39, 0.29) is 18.6 Å². The number of cyclic esters (lactones) is 1. The van der Waals surface area contributed by atoms with Crippen LogP contribution in [0.2, 0.25) is 0 Å². The first-order valence-electron chi connectivity index (χ1n) is 10.7. The Hall–Kier alpha value is -3.72. The summed E-state index contributed by atoms with van der Waals surface area (Å²) >= 11 is 0. The van der Waals surface area contributed by atoms with Crippen LogP contribution in [0.4, 0.5) is 14.9 Å². The smallest absolute Gasteiger partial charge is 0.414 e. The predicted octanol–water partition coefficient (Wildman–Crippen LogP) is 3.08. The number of imidazole rings is 1. The van der Waals surface area contributed by atoms with Gasteiger partial charge in [0.25, 0.3) is 0 Å². The third-order valence-corrected chi connectivity index (χ3v) is 5.46. The van der Waals surface area contributed by atoms with Crippen molar-refractivity contribution in [1.29, 1.82) is 0 Å². The van der Waals surface area contributed by atoms with Crippen LogP contribution in [-0.2, 0) is 22.7 Å². The fraction of sp³-hybridized carbons (Fsp3) is 0.292. The molecule has 1 atom stereocenters. The first kappa shape index (κ1) is 22.5. The summed E-state index contributed by atoms with van der Waals surface area (Å²) in [5.74, 6) is -0.573. The molecule has 33 heavy (non-hydrogen) atoms. The number of aliphatic hydroxyl groups excluding tert-OH is 1. The Morgan fingerprint density at radius 1 is 1.27 bits per heavy atom. The molecule has 0 unspecified atom stereocenters. The zero-order valence-electron chi connectivity index (χ0n) is 18.2. The van der Waals surface area contributed by atoms with E-state index in [0.29, 0.717) is 43.0 Å². The number of nitrogens with zero attached hydrogens (tertiary/aromatic N) is 3. The quantitative estimate of drug-likeness (QED) is 0.548. The Balaban J connectivity index is 1.42. The molecular formula is C24H25FN4O4. The summed E-state index contributed by atoms with van der Waals surface area (Å²) in [5, 5.41) is 11.8. The van der Waals surface area contributed by atoms with E-state index < -0.39 is 11.9 Å². The number of hydrogen-bond donors (Lipinski definition) is 2.